The Morgan fingerprint density at radius 3 is 2.29 bits per heavy atom. The van der Waals surface area contributed by atoms with Gasteiger partial charge in [-0.25, -0.2) is 8.42 Å². The van der Waals surface area contributed by atoms with Gasteiger partial charge in [0.15, 0.2) is 5.25 Å². The van der Waals surface area contributed by atoms with E-state index in [1.165, 1.54) is 11.2 Å². The third-order valence-corrected chi connectivity index (χ3v) is 5.62. The maximum absolute atomic E-state index is 11.9. The summed E-state index contributed by atoms with van der Waals surface area (Å²) in [5, 5.41) is 11.0. The number of nitriles is 1. The van der Waals surface area contributed by atoms with Crippen molar-refractivity contribution in [1.82, 2.24) is 14.5 Å². The second-order valence-corrected chi connectivity index (χ2v) is 6.82. The van der Waals surface area contributed by atoms with Crippen molar-refractivity contribution in [3.05, 3.63) is 0 Å². The lowest BCUT2D eigenvalue weighted by Gasteiger charge is -2.42. The van der Waals surface area contributed by atoms with Gasteiger partial charge in [0.25, 0.3) is 0 Å². The summed E-state index contributed by atoms with van der Waals surface area (Å²) >= 11 is 0. The summed E-state index contributed by atoms with van der Waals surface area (Å²) < 4.78 is 25.3. The fraction of sp³-hybridized carbons (Fsp3) is 0.900. The Hall–Kier alpha value is -0.680. The molecule has 2 fully saturated rings. The summed E-state index contributed by atoms with van der Waals surface area (Å²) in [5.41, 5.74) is 0. The number of nitrogens with one attached hydrogen (secondary N) is 1. The molecule has 0 aliphatic carbocycles. The van der Waals surface area contributed by atoms with Crippen LogP contribution < -0.4 is 5.32 Å². The monoisotopic (exact) mass is 258 g/mol. The average Bonchev–Trinajstić information content (AvgIpc) is 2.26. The zero-order chi connectivity index (χ0) is 12.5. The summed E-state index contributed by atoms with van der Waals surface area (Å²) in [6, 6.07) is 2.37. The van der Waals surface area contributed by atoms with E-state index in [1.54, 1.807) is 6.07 Å². The number of rotatable bonds is 3. The van der Waals surface area contributed by atoms with Gasteiger partial charge >= 0.3 is 0 Å². The number of nitrogens with zero attached hydrogens (tertiary/aromatic N) is 3. The fourth-order valence-corrected chi connectivity index (χ4v) is 3.40. The minimum atomic E-state index is -3.42. The van der Waals surface area contributed by atoms with Crippen molar-refractivity contribution in [3.63, 3.8) is 0 Å². The highest BCUT2D eigenvalue weighted by molar-refractivity contribution is 7.89. The van der Waals surface area contributed by atoms with Gasteiger partial charge in [0.2, 0.25) is 10.0 Å². The van der Waals surface area contributed by atoms with Crippen molar-refractivity contribution in [1.29, 1.82) is 5.26 Å². The molecule has 1 atom stereocenters. The summed E-state index contributed by atoms with van der Waals surface area (Å²) in [6.07, 6.45) is 0. The molecule has 0 spiro atoms. The predicted molar refractivity (Wildman–Crippen MR) is 63.8 cm³/mol. The molecule has 0 bridgehead atoms. The van der Waals surface area contributed by atoms with Crippen LogP contribution in [0, 0.1) is 11.3 Å². The van der Waals surface area contributed by atoms with E-state index in [-0.39, 0.29) is 0 Å². The van der Waals surface area contributed by atoms with Crippen molar-refractivity contribution >= 4 is 10.0 Å². The minimum absolute atomic E-state index is 0.505. The van der Waals surface area contributed by atoms with Crippen LogP contribution in [0.15, 0.2) is 0 Å². The fourth-order valence-electron chi connectivity index (χ4n) is 2.15. The summed E-state index contributed by atoms with van der Waals surface area (Å²) in [6.45, 7) is 5.99. The molecule has 7 heteroatoms. The van der Waals surface area contributed by atoms with Crippen LogP contribution in [0.2, 0.25) is 0 Å². The Balaban J connectivity index is 1.92. The Kier molecular flexibility index (Phi) is 3.68. The molecule has 96 valence electrons. The highest BCUT2D eigenvalue weighted by Gasteiger charge is 2.34. The molecular weight excluding hydrogens is 240 g/mol. The Morgan fingerprint density at radius 1 is 1.29 bits per heavy atom. The quantitative estimate of drug-likeness (QED) is 0.689. The molecule has 2 rings (SSSR count). The van der Waals surface area contributed by atoms with Gasteiger partial charge in [-0.15, -0.1) is 0 Å². The molecule has 2 aliphatic rings. The molecule has 6 nitrogen and oxygen atoms in total. The Bertz CT molecular complexity index is 405. The number of piperazine rings is 1. The Morgan fingerprint density at radius 2 is 1.88 bits per heavy atom. The summed E-state index contributed by atoms with van der Waals surface area (Å²) in [4.78, 5) is 2.32. The summed E-state index contributed by atoms with van der Waals surface area (Å²) in [5.74, 6) is 0. The molecule has 0 aromatic rings. The lowest BCUT2D eigenvalue weighted by Crippen LogP contribution is -2.62. The van der Waals surface area contributed by atoms with Crippen LogP contribution in [0.1, 0.15) is 6.92 Å². The van der Waals surface area contributed by atoms with Crippen LogP contribution in [0.25, 0.3) is 0 Å². The largest absolute Gasteiger partial charge is 0.314 e. The van der Waals surface area contributed by atoms with Crippen molar-refractivity contribution in [2.75, 3.05) is 39.3 Å². The van der Waals surface area contributed by atoms with E-state index in [2.05, 4.69) is 10.2 Å². The number of hydrogen-bond donors (Lipinski definition) is 1. The zero-order valence-electron chi connectivity index (χ0n) is 9.96. The maximum Gasteiger partial charge on any atom is 0.230 e. The Labute approximate surface area is 102 Å². The SMILES string of the molecule is CC(C#N)S(=O)(=O)N1CCN(C2CNC2)CC1. The smallest absolute Gasteiger partial charge is 0.230 e. The maximum atomic E-state index is 11.9. The van der Waals surface area contributed by atoms with E-state index >= 15 is 0 Å². The van der Waals surface area contributed by atoms with Gasteiger partial charge in [0.05, 0.1) is 6.07 Å². The number of sulfonamides is 1. The first-order valence-corrected chi connectivity index (χ1v) is 7.39. The number of hydrogen-bond acceptors (Lipinski definition) is 5. The van der Waals surface area contributed by atoms with Crippen molar-refractivity contribution in [2.45, 2.75) is 18.2 Å². The van der Waals surface area contributed by atoms with E-state index in [1.807, 2.05) is 0 Å². The zero-order valence-corrected chi connectivity index (χ0v) is 10.8. The highest BCUT2D eigenvalue weighted by Crippen LogP contribution is 2.15. The molecular formula is C10H18N4O2S. The topological polar surface area (TPSA) is 76.4 Å². The molecule has 2 aliphatic heterocycles. The van der Waals surface area contributed by atoms with Gasteiger partial charge in [0.1, 0.15) is 0 Å². The van der Waals surface area contributed by atoms with Gasteiger partial charge in [0, 0.05) is 45.3 Å². The second-order valence-electron chi connectivity index (χ2n) is 4.56. The molecule has 0 aromatic carbocycles. The molecule has 0 aromatic heterocycles. The van der Waals surface area contributed by atoms with E-state index in [0.717, 1.165) is 26.2 Å². The van der Waals surface area contributed by atoms with Crippen molar-refractivity contribution in [3.8, 4) is 6.07 Å². The van der Waals surface area contributed by atoms with Crippen molar-refractivity contribution in [2.24, 2.45) is 0 Å². The molecule has 0 amide bonds. The first kappa shape index (κ1) is 12.8. The van der Waals surface area contributed by atoms with Gasteiger partial charge in [-0.1, -0.05) is 0 Å². The van der Waals surface area contributed by atoms with E-state index < -0.39 is 15.3 Å². The summed E-state index contributed by atoms with van der Waals surface area (Å²) in [7, 11) is -3.42. The third kappa shape index (κ3) is 2.45. The van der Waals surface area contributed by atoms with Crippen LogP contribution in [0.5, 0.6) is 0 Å². The molecule has 2 saturated heterocycles. The van der Waals surface area contributed by atoms with Crippen LogP contribution in [0.4, 0.5) is 0 Å². The first-order chi connectivity index (χ1) is 8.05. The molecule has 1 unspecified atom stereocenters. The average molecular weight is 258 g/mol. The van der Waals surface area contributed by atoms with Crippen LogP contribution in [-0.2, 0) is 10.0 Å². The predicted octanol–water partition coefficient (Wildman–Crippen LogP) is -1.18. The van der Waals surface area contributed by atoms with Gasteiger partial charge in [-0.3, -0.25) is 4.90 Å². The van der Waals surface area contributed by atoms with Gasteiger partial charge < -0.3 is 5.32 Å². The molecule has 1 N–H and O–H groups in total. The highest BCUT2D eigenvalue weighted by atomic mass is 32.2. The van der Waals surface area contributed by atoms with Crippen LogP contribution >= 0.6 is 0 Å². The molecule has 17 heavy (non-hydrogen) atoms. The lowest BCUT2D eigenvalue weighted by atomic mass is 10.1. The normalized spacial score (nSPS) is 26.1. The first-order valence-electron chi connectivity index (χ1n) is 5.89. The molecule has 2 heterocycles. The standard InChI is InChI=1S/C10H18N4O2S/c1-9(6-11)17(15,16)14-4-2-13(3-5-14)10-7-12-8-10/h9-10,12H,2-5,7-8H2,1H3. The third-order valence-electron chi connectivity index (χ3n) is 3.54. The van der Waals surface area contributed by atoms with E-state index in [0.29, 0.717) is 19.1 Å². The minimum Gasteiger partial charge on any atom is -0.314 e. The van der Waals surface area contributed by atoms with E-state index in [4.69, 9.17) is 5.26 Å². The van der Waals surface area contributed by atoms with Gasteiger partial charge in [-0.2, -0.15) is 9.57 Å². The second kappa shape index (κ2) is 4.90. The molecule has 0 saturated carbocycles. The van der Waals surface area contributed by atoms with Crippen molar-refractivity contribution < 1.29 is 8.42 Å². The van der Waals surface area contributed by atoms with Gasteiger partial charge in [-0.05, 0) is 6.92 Å². The molecule has 0 radical (unpaired) electrons. The lowest BCUT2D eigenvalue weighted by molar-refractivity contribution is 0.103. The van der Waals surface area contributed by atoms with E-state index in [9.17, 15) is 8.42 Å². The van der Waals surface area contributed by atoms with Crippen LogP contribution in [0.3, 0.4) is 0 Å². The van der Waals surface area contributed by atoms with Crippen LogP contribution in [-0.4, -0.2) is 68.2 Å².